The summed E-state index contributed by atoms with van der Waals surface area (Å²) in [6, 6.07) is 112. The van der Waals surface area contributed by atoms with Crippen LogP contribution in [0.2, 0.25) is 26.2 Å². The third-order valence-electron chi connectivity index (χ3n) is 17.0. The molecule has 2 aliphatic heterocycles. The van der Waals surface area contributed by atoms with Gasteiger partial charge >= 0.3 is 0 Å². The molecule has 84 heavy (non-hydrogen) atoms. The Morgan fingerprint density at radius 2 is 0.607 bits per heavy atom. The van der Waals surface area contributed by atoms with Gasteiger partial charge in [0.05, 0.1) is 11.4 Å². The van der Waals surface area contributed by atoms with Gasteiger partial charge < -0.3 is 9.80 Å². The van der Waals surface area contributed by atoms with Crippen molar-refractivity contribution in [2.45, 2.75) is 55.6 Å². The lowest BCUT2D eigenvalue weighted by Crippen LogP contribution is -2.63. The van der Waals surface area contributed by atoms with Crippen LogP contribution in [0.15, 0.2) is 327 Å². The predicted molar refractivity (Wildman–Crippen MR) is 369 cm³/mol. The van der Waals surface area contributed by atoms with Gasteiger partial charge in [0.1, 0.15) is 16.1 Å². The standard InChI is InChI=1S/C76H61BN2S3Si2/c1-83(2,62-36-22-10-23-37-62)64-42-44-66-68(52-64)78(70-48-56(54-26-12-5-13-27-54)40-46-74(70)81-59-32-18-8-19-33-59)72-50-61(80-58-30-16-7-17-31-58)51-73-76(72)77(66)67-45-43-65(84(3,4)63-38-24-11-25-39-63)53-69(67)79(73)71-49-57(55-28-14-6-15-29-55)41-47-75(71)82-60-34-20-9-21-35-60/h5-53H,1-4H3. The van der Waals surface area contributed by atoms with Gasteiger partial charge in [-0.05, 0) is 124 Å². The summed E-state index contributed by atoms with van der Waals surface area (Å²) in [5.41, 5.74) is 15.8. The molecular formula is C76H61BN2S3Si2. The highest BCUT2D eigenvalue weighted by Gasteiger charge is 2.46. The van der Waals surface area contributed by atoms with Gasteiger partial charge in [0.15, 0.2) is 0 Å². The van der Waals surface area contributed by atoms with E-state index in [1.54, 1.807) is 0 Å². The van der Waals surface area contributed by atoms with Crippen LogP contribution in [-0.2, 0) is 0 Å². The van der Waals surface area contributed by atoms with E-state index in [4.69, 9.17) is 0 Å². The van der Waals surface area contributed by atoms with Crippen LogP contribution in [-0.4, -0.2) is 22.9 Å². The summed E-state index contributed by atoms with van der Waals surface area (Å²) >= 11 is 5.53. The van der Waals surface area contributed by atoms with Crippen LogP contribution in [0.3, 0.4) is 0 Å². The Hall–Kier alpha value is -8.21. The summed E-state index contributed by atoms with van der Waals surface area (Å²) in [5, 5.41) is 5.63. The first kappa shape index (κ1) is 53.8. The van der Waals surface area contributed by atoms with Crippen LogP contribution < -0.4 is 46.9 Å². The molecule has 0 bridgehead atoms. The number of hydrogen-bond donors (Lipinski definition) is 0. The Kier molecular flexibility index (Phi) is 14.6. The normalized spacial score (nSPS) is 12.6. The second-order valence-electron chi connectivity index (χ2n) is 22.9. The lowest BCUT2D eigenvalue weighted by molar-refractivity contribution is 1.19. The Bertz CT molecular complexity index is 4090. The lowest BCUT2D eigenvalue weighted by atomic mass is 9.33. The summed E-state index contributed by atoms with van der Waals surface area (Å²) in [6.45, 7) is 9.99. The molecule has 8 heteroatoms. The van der Waals surface area contributed by atoms with Gasteiger partial charge in [-0.1, -0.05) is 295 Å². The topological polar surface area (TPSA) is 6.48 Å². The van der Waals surface area contributed by atoms with Crippen LogP contribution in [0.1, 0.15) is 0 Å². The van der Waals surface area contributed by atoms with E-state index in [-0.39, 0.29) is 6.71 Å². The summed E-state index contributed by atoms with van der Waals surface area (Å²) in [4.78, 5) is 12.5. The SMILES string of the molecule is C[Si](C)(c1ccccc1)c1ccc2c(c1)N(c1cc(-c3ccccc3)ccc1Sc1ccccc1)c1cc(Sc3ccccc3)cc3c1B2c1ccc([Si](C)(C)c2ccccc2)cc1N3c1cc(-c2ccccc2)ccc1Sc1ccccc1. The fourth-order valence-electron chi connectivity index (χ4n) is 12.4. The van der Waals surface area contributed by atoms with Crippen molar-refractivity contribution >= 4 is 129 Å². The maximum Gasteiger partial charge on any atom is 0.252 e. The molecule has 2 nitrogen and oxygen atoms in total. The second-order valence-corrected chi connectivity index (χ2v) is 35.0. The maximum absolute atomic E-state index is 2.68. The molecule has 2 aliphatic rings. The first-order valence-electron chi connectivity index (χ1n) is 28.9. The molecule has 0 aliphatic carbocycles. The van der Waals surface area contributed by atoms with Gasteiger partial charge in [-0.2, -0.15) is 0 Å². The molecule has 12 aromatic rings. The molecule has 404 valence electrons. The van der Waals surface area contributed by atoms with Gasteiger partial charge in [0.2, 0.25) is 0 Å². The first-order chi connectivity index (χ1) is 41.2. The molecule has 0 saturated carbocycles. The van der Waals surface area contributed by atoms with Crippen LogP contribution >= 0.6 is 35.3 Å². The molecule has 0 radical (unpaired) electrons. The summed E-state index contributed by atoms with van der Waals surface area (Å²) in [6.07, 6.45) is 0. The smallest absolute Gasteiger partial charge is 0.252 e. The highest BCUT2D eigenvalue weighted by atomic mass is 32.2. The predicted octanol–water partition coefficient (Wildman–Crippen LogP) is 17.2. The average molecular weight is 1170 g/mol. The van der Waals surface area contributed by atoms with E-state index >= 15 is 0 Å². The van der Waals surface area contributed by atoms with E-state index in [1.807, 2.05) is 35.3 Å². The van der Waals surface area contributed by atoms with Gasteiger partial charge in [-0.3, -0.25) is 0 Å². The van der Waals surface area contributed by atoms with Crippen molar-refractivity contribution in [3.8, 4) is 22.3 Å². The van der Waals surface area contributed by atoms with E-state index in [1.165, 1.54) is 112 Å². The molecular weight excluding hydrogens is 1100 g/mol. The minimum Gasteiger partial charge on any atom is -0.310 e. The number of hydrogen-bond acceptors (Lipinski definition) is 5. The summed E-state index contributed by atoms with van der Waals surface area (Å²) in [7, 11) is -4.54. The second kappa shape index (κ2) is 22.7. The molecule has 14 rings (SSSR count). The van der Waals surface area contributed by atoms with Crippen molar-refractivity contribution < 1.29 is 0 Å². The summed E-state index contributed by atoms with van der Waals surface area (Å²) < 4.78 is 0. The molecule has 0 unspecified atom stereocenters. The lowest BCUT2D eigenvalue weighted by Gasteiger charge is -2.46. The number of benzene rings is 12. The Labute approximate surface area is 510 Å². The first-order valence-corrected chi connectivity index (χ1v) is 37.4. The van der Waals surface area contributed by atoms with Gasteiger partial charge in [-0.25, -0.2) is 0 Å². The van der Waals surface area contributed by atoms with E-state index in [0.29, 0.717) is 0 Å². The number of nitrogens with zero attached hydrogens (tertiary/aromatic N) is 2. The van der Waals surface area contributed by atoms with Gasteiger partial charge in [-0.15, -0.1) is 0 Å². The summed E-state index contributed by atoms with van der Waals surface area (Å²) in [5.74, 6) is 0. The number of fused-ring (bicyclic) bond motifs is 4. The van der Waals surface area contributed by atoms with Crippen molar-refractivity contribution in [2.75, 3.05) is 9.80 Å². The molecule has 2 heterocycles. The third-order valence-corrected chi connectivity index (χ3v) is 27.2. The van der Waals surface area contributed by atoms with Gasteiger partial charge in [0.25, 0.3) is 6.71 Å². The zero-order valence-electron chi connectivity index (χ0n) is 47.5. The quantitative estimate of drug-likeness (QED) is 0.0998. The Balaban J connectivity index is 1.11. The molecule has 0 amide bonds. The van der Waals surface area contributed by atoms with Crippen molar-refractivity contribution in [2.24, 2.45) is 0 Å². The van der Waals surface area contributed by atoms with E-state index in [2.05, 4.69) is 333 Å². The average Bonchev–Trinajstić information content (AvgIpc) is 0.909. The van der Waals surface area contributed by atoms with Crippen molar-refractivity contribution in [1.82, 2.24) is 0 Å². The largest absolute Gasteiger partial charge is 0.310 e. The number of anilines is 6. The molecule has 0 spiro atoms. The fraction of sp³-hybridized carbons (Fsp3) is 0.0526. The monoisotopic (exact) mass is 1160 g/mol. The number of rotatable bonds is 14. The molecule has 12 aromatic carbocycles. The highest BCUT2D eigenvalue weighted by molar-refractivity contribution is 8.00. The molecule has 0 fully saturated rings. The Morgan fingerprint density at radius 3 is 0.988 bits per heavy atom. The third kappa shape index (κ3) is 10.2. The van der Waals surface area contributed by atoms with Crippen molar-refractivity contribution in [3.05, 3.63) is 297 Å². The van der Waals surface area contributed by atoms with E-state index in [0.717, 1.165) is 11.4 Å². The van der Waals surface area contributed by atoms with E-state index < -0.39 is 16.1 Å². The minimum atomic E-state index is -2.27. The Morgan fingerprint density at radius 1 is 0.262 bits per heavy atom. The van der Waals surface area contributed by atoms with Crippen LogP contribution in [0, 0.1) is 0 Å². The molecule has 0 saturated heterocycles. The van der Waals surface area contributed by atoms with Crippen LogP contribution in [0.4, 0.5) is 34.1 Å². The van der Waals surface area contributed by atoms with Crippen LogP contribution in [0.25, 0.3) is 22.3 Å². The fourth-order valence-corrected chi connectivity index (χ4v) is 19.9. The maximum atomic E-state index is 2.68. The van der Waals surface area contributed by atoms with E-state index in [9.17, 15) is 0 Å². The zero-order valence-corrected chi connectivity index (χ0v) is 51.9. The highest BCUT2D eigenvalue weighted by Crippen LogP contribution is 2.52. The zero-order chi connectivity index (χ0) is 56.8. The van der Waals surface area contributed by atoms with Crippen molar-refractivity contribution in [3.63, 3.8) is 0 Å². The van der Waals surface area contributed by atoms with Gasteiger partial charge in [0, 0.05) is 52.1 Å². The van der Waals surface area contributed by atoms with Crippen LogP contribution in [0.5, 0.6) is 0 Å². The molecule has 0 N–H and O–H groups in total. The molecule has 0 aromatic heterocycles. The molecule has 0 atom stereocenters. The minimum absolute atomic E-state index is 0.0977. The van der Waals surface area contributed by atoms with Crippen molar-refractivity contribution in [1.29, 1.82) is 0 Å².